The molecular formula is C15H29N3O6S. The smallest absolute Gasteiger partial charge is 0.422 e. The Hall–Kier alpha value is -1.55. The first-order chi connectivity index (χ1) is 11.2. The number of nitrogens with one attached hydrogen (secondary N) is 2. The maximum absolute atomic E-state index is 11.8. The molecule has 1 fully saturated rings. The third-order valence-corrected chi connectivity index (χ3v) is 4.09. The van der Waals surface area contributed by atoms with Gasteiger partial charge in [-0.15, -0.1) is 0 Å². The van der Waals surface area contributed by atoms with Crippen LogP contribution in [0.5, 0.6) is 0 Å². The number of hydrogen-bond donors (Lipinski definition) is 2. The SMILES string of the molecule is CC(C)(C)OC(=O)NS(=O)(=O)NCCC1CN(C(=O)OC(C)(C)C)C1. The Kier molecular flexibility index (Phi) is 6.68. The summed E-state index contributed by atoms with van der Waals surface area (Å²) in [6.45, 7) is 11.5. The van der Waals surface area contributed by atoms with Crippen molar-refractivity contribution in [3.05, 3.63) is 0 Å². The van der Waals surface area contributed by atoms with E-state index in [0.29, 0.717) is 19.5 Å². The van der Waals surface area contributed by atoms with Gasteiger partial charge in [0.25, 0.3) is 0 Å². The fraction of sp³-hybridized carbons (Fsp3) is 0.867. The summed E-state index contributed by atoms with van der Waals surface area (Å²) in [6.07, 6.45) is -0.843. The Labute approximate surface area is 149 Å². The van der Waals surface area contributed by atoms with Crippen molar-refractivity contribution in [3.8, 4) is 0 Å². The number of likely N-dealkylation sites (tertiary alicyclic amines) is 1. The molecule has 2 N–H and O–H groups in total. The lowest BCUT2D eigenvalue weighted by atomic mass is 9.97. The van der Waals surface area contributed by atoms with Crippen LogP contribution in [0.25, 0.3) is 0 Å². The number of carbonyl (C=O) groups is 2. The van der Waals surface area contributed by atoms with Gasteiger partial charge in [-0.1, -0.05) is 0 Å². The summed E-state index contributed by atoms with van der Waals surface area (Å²) in [6, 6.07) is 0. The number of rotatable bonds is 5. The van der Waals surface area contributed by atoms with Crippen molar-refractivity contribution in [3.63, 3.8) is 0 Å². The summed E-state index contributed by atoms with van der Waals surface area (Å²) in [4.78, 5) is 24.8. The van der Waals surface area contributed by atoms with Crippen molar-refractivity contribution >= 4 is 22.4 Å². The van der Waals surface area contributed by atoms with Crippen molar-refractivity contribution < 1.29 is 27.5 Å². The molecule has 0 atom stereocenters. The number of amides is 2. The van der Waals surface area contributed by atoms with Gasteiger partial charge in [0, 0.05) is 19.6 Å². The molecule has 1 rings (SSSR count). The van der Waals surface area contributed by atoms with Gasteiger partial charge in [-0.3, -0.25) is 0 Å². The Bertz CT molecular complexity index is 585. The lowest BCUT2D eigenvalue weighted by molar-refractivity contribution is -0.00191. The van der Waals surface area contributed by atoms with Crippen molar-refractivity contribution in [1.82, 2.24) is 14.3 Å². The summed E-state index contributed by atoms with van der Waals surface area (Å²) in [5.41, 5.74) is -1.32. The Balaban J connectivity index is 2.26. The quantitative estimate of drug-likeness (QED) is 0.750. The Morgan fingerprint density at radius 2 is 1.56 bits per heavy atom. The predicted octanol–water partition coefficient (Wildman–Crippen LogP) is 1.60. The highest BCUT2D eigenvalue weighted by atomic mass is 32.2. The molecule has 10 heteroatoms. The summed E-state index contributed by atoms with van der Waals surface area (Å²) in [5.74, 6) is 0.191. The fourth-order valence-corrected chi connectivity index (χ4v) is 2.79. The van der Waals surface area contributed by atoms with Crippen molar-refractivity contribution in [1.29, 1.82) is 0 Å². The monoisotopic (exact) mass is 379 g/mol. The Morgan fingerprint density at radius 1 is 1.04 bits per heavy atom. The van der Waals surface area contributed by atoms with Gasteiger partial charge in [0.2, 0.25) is 0 Å². The third-order valence-electron chi connectivity index (χ3n) is 3.07. The van der Waals surface area contributed by atoms with E-state index in [4.69, 9.17) is 9.47 Å². The van der Waals surface area contributed by atoms with Crippen LogP contribution in [0.15, 0.2) is 0 Å². The number of ether oxygens (including phenoxy) is 2. The molecule has 0 aromatic heterocycles. The maximum atomic E-state index is 11.8. The minimum atomic E-state index is -3.97. The molecule has 0 radical (unpaired) electrons. The lowest BCUT2D eigenvalue weighted by Gasteiger charge is -2.39. The zero-order chi connectivity index (χ0) is 19.5. The first-order valence-electron chi connectivity index (χ1n) is 8.15. The normalized spacial score (nSPS) is 16.2. The van der Waals surface area contributed by atoms with Crippen molar-refractivity contribution in [2.75, 3.05) is 19.6 Å². The molecule has 2 amide bonds. The summed E-state index contributed by atoms with van der Waals surface area (Å²) >= 11 is 0. The van der Waals surface area contributed by atoms with E-state index in [1.807, 2.05) is 0 Å². The number of nitrogens with zero attached hydrogens (tertiary/aromatic N) is 1. The molecule has 146 valence electrons. The van der Waals surface area contributed by atoms with E-state index < -0.39 is 27.5 Å². The molecule has 0 bridgehead atoms. The molecule has 1 aliphatic heterocycles. The Morgan fingerprint density at radius 3 is 2.04 bits per heavy atom. The molecule has 0 aromatic carbocycles. The molecule has 0 aliphatic carbocycles. The minimum Gasteiger partial charge on any atom is -0.444 e. The number of hydrogen-bond acceptors (Lipinski definition) is 6. The standard InChI is InChI=1S/C15H29N3O6S/c1-14(2,3)23-12(19)17-25(21,22)16-8-7-11-9-18(10-11)13(20)24-15(4,5)6/h11,16H,7-10H2,1-6H3,(H,17,19). The van der Waals surface area contributed by atoms with Gasteiger partial charge in [-0.25, -0.2) is 14.3 Å². The van der Waals surface area contributed by atoms with Crippen molar-refractivity contribution in [2.45, 2.75) is 59.2 Å². The van der Waals surface area contributed by atoms with E-state index in [2.05, 4.69) is 4.72 Å². The van der Waals surface area contributed by atoms with Crippen LogP contribution >= 0.6 is 0 Å². The van der Waals surface area contributed by atoms with Gasteiger partial charge < -0.3 is 14.4 Å². The van der Waals surface area contributed by atoms with Crippen LogP contribution in [0.2, 0.25) is 0 Å². The second-order valence-corrected chi connectivity index (χ2v) is 9.54. The second-order valence-electron chi connectivity index (χ2n) is 8.04. The van der Waals surface area contributed by atoms with E-state index in [1.165, 1.54) is 0 Å². The van der Waals surface area contributed by atoms with Crippen LogP contribution < -0.4 is 9.44 Å². The topological polar surface area (TPSA) is 114 Å². The number of carbonyl (C=O) groups excluding carboxylic acids is 2. The second kappa shape index (κ2) is 7.77. The lowest BCUT2D eigenvalue weighted by Crippen LogP contribution is -2.52. The summed E-state index contributed by atoms with van der Waals surface area (Å²) in [5, 5.41) is 0. The van der Waals surface area contributed by atoms with Gasteiger partial charge >= 0.3 is 22.4 Å². The van der Waals surface area contributed by atoms with E-state index in [0.717, 1.165) is 0 Å². The molecule has 0 unspecified atom stereocenters. The van der Waals surface area contributed by atoms with E-state index >= 15 is 0 Å². The van der Waals surface area contributed by atoms with Crippen LogP contribution in [-0.4, -0.2) is 56.3 Å². The van der Waals surface area contributed by atoms with Crippen LogP contribution in [0, 0.1) is 5.92 Å². The highest BCUT2D eigenvalue weighted by molar-refractivity contribution is 7.88. The third kappa shape index (κ3) is 8.92. The summed E-state index contributed by atoms with van der Waals surface area (Å²) in [7, 11) is -3.97. The van der Waals surface area contributed by atoms with Gasteiger partial charge in [-0.05, 0) is 53.9 Å². The molecular weight excluding hydrogens is 350 g/mol. The minimum absolute atomic E-state index is 0.158. The van der Waals surface area contributed by atoms with Crippen LogP contribution in [-0.2, 0) is 19.7 Å². The fourth-order valence-electron chi connectivity index (χ4n) is 2.07. The van der Waals surface area contributed by atoms with Crippen LogP contribution in [0.4, 0.5) is 9.59 Å². The first kappa shape index (κ1) is 21.5. The molecule has 25 heavy (non-hydrogen) atoms. The molecule has 0 aromatic rings. The average Bonchev–Trinajstić information content (AvgIpc) is 2.25. The average molecular weight is 379 g/mol. The molecule has 9 nitrogen and oxygen atoms in total. The molecule has 0 saturated carbocycles. The zero-order valence-electron chi connectivity index (χ0n) is 15.7. The largest absolute Gasteiger partial charge is 0.444 e. The maximum Gasteiger partial charge on any atom is 0.422 e. The van der Waals surface area contributed by atoms with Gasteiger partial charge in [-0.2, -0.15) is 13.1 Å². The molecule has 1 aliphatic rings. The van der Waals surface area contributed by atoms with E-state index in [1.54, 1.807) is 51.2 Å². The van der Waals surface area contributed by atoms with Gasteiger partial charge in [0.05, 0.1) is 0 Å². The summed E-state index contributed by atoms with van der Waals surface area (Å²) < 4.78 is 37.7. The predicted molar refractivity (Wildman–Crippen MR) is 92.2 cm³/mol. The van der Waals surface area contributed by atoms with Gasteiger partial charge in [0.15, 0.2) is 0 Å². The molecule has 0 spiro atoms. The first-order valence-corrected chi connectivity index (χ1v) is 9.63. The van der Waals surface area contributed by atoms with Gasteiger partial charge in [0.1, 0.15) is 11.2 Å². The molecule has 1 saturated heterocycles. The van der Waals surface area contributed by atoms with Crippen molar-refractivity contribution in [2.24, 2.45) is 5.92 Å². The van der Waals surface area contributed by atoms with E-state index in [9.17, 15) is 18.0 Å². The highest BCUT2D eigenvalue weighted by Crippen LogP contribution is 2.21. The highest BCUT2D eigenvalue weighted by Gasteiger charge is 2.33. The zero-order valence-corrected chi connectivity index (χ0v) is 16.5. The van der Waals surface area contributed by atoms with Crippen LogP contribution in [0.3, 0.4) is 0 Å². The van der Waals surface area contributed by atoms with E-state index in [-0.39, 0.29) is 18.6 Å². The van der Waals surface area contributed by atoms with Crippen LogP contribution in [0.1, 0.15) is 48.0 Å². The molecule has 1 heterocycles.